The summed E-state index contributed by atoms with van der Waals surface area (Å²) < 4.78 is 17.6. The van der Waals surface area contributed by atoms with Crippen molar-refractivity contribution in [2.24, 2.45) is 5.41 Å². The Morgan fingerprint density at radius 1 is 1.20 bits per heavy atom. The quantitative estimate of drug-likeness (QED) is 0.633. The first kappa shape index (κ1) is 15.8. The second-order valence-electron chi connectivity index (χ2n) is 5.72. The summed E-state index contributed by atoms with van der Waals surface area (Å²) in [6.07, 6.45) is 3.30. The van der Waals surface area contributed by atoms with Crippen LogP contribution in [0.3, 0.4) is 0 Å². The van der Waals surface area contributed by atoms with Crippen molar-refractivity contribution >= 4 is 15.9 Å². The van der Waals surface area contributed by atoms with E-state index in [2.05, 4.69) is 22.9 Å². The summed E-state index contributed by atoms with van der Waals surface area (Å²) in [7, 11) is 0. The highest BCUT2D eigenvalue weighted by Crippen LogP contribution is 2.26. The number of unbranched alkanes of at least 4 members (excludes halogenated alkanes) is 2. The van der Waals surface area contributed by atoms with Gasteiger partial charge < -0.3 is 14.2 Å². The highest BCUT2D eigenvalue weighted by molar-refractivity contribution is 9.10. The van der Waals surface area contributed by atoms with Crippen molar-refractivity contribution in [1.82, 2.24) is 0 Å². The van der Waals surface area contributed by atoms with E-state index in [0.717, 1.165) is 62.5 Å². The van der Waals surface area contributed by atoms with Crippen LogP contribution in [-0.4, -0.2) is 33.0 Å². The van der Waals surface area contributed by atoms with Gasteiger partial charge in [0.25, 0.3) is 0 Å². The molecule has 1 aliphatic rings. The van der Waals surface area contributed by atoms with Gasteiger partial charge in [0, 0.05) is 16.5 Å². The number of hydrogen-bond donors (Lipinski definition) is 0. The van der Waals surface area contributed by atoms with Gasteiger partial charge in [-0.25, -0.2) is 0 Å². The van der Waals surface area contributed by atoms with Gasteiger partial charge >= 0.3 is 0 Å². The summed E-state index contributed by atoms with van der Waals surface area (Å²) in [4.78, 5) is 0. The third kappa shape index (κ3) is 5.43. The van der Waals surface area contributed by atoms with E-state index in [0.29, 0.717) is 0 Å². The third-order valence-electron chi connectivity index (χ3n) is 3.35. The van der Waals surface area contributed by atoms with Gasteiger partial charge in [-0.2, -0.15) is 0 Å². The van der Waals surface area contributed by atoms with Crippen LogP contribution in [0.4, 0.5) is 0 Å². The van der Waals surface area contributed by atoms with Crippen LogP contribution in [-0.2, 0) is 9.47 Å². The summed E-state index contributed by atoms with van der Waals surface area (Å²) in [6.45, 7) is 6.32. The molecule has 1 heterocycles. The summed E-state index contributed by atoms with van der Waals surface area (Å²) in [6, 6.07) is 7.95. The summed E-state index contributed by atoms with van der Waals surface area (Å²) in [5.41, 5.74) is 0.268. The number of halogens is 1. The molecule has 1 aromatic rings. The van der Waals surface area contributed by atoms with Crippen molar-refractivity contribution in [2.45, 2.75) is 26.2 Å². The van der Waals surface area contributed by atoms with Crippen LogP contribution in [0.1, 0.15) is 26.2 Å². The Kier molecular flexibility index (Phi) is 6.33. The molecular formula is C16H23BrO3. The van der Waals surface area contributed by atoms with Crippen LogP contribution < -0.4 is 4.74 Å². The highest BCUT2D eigenvalue weighted by atomic mass is 79.9. The Morgan fingerprint density at radius 3 is 2.70 bits per heavy atom. The standard InChI is InChI=1S/C16H23BrO3/c1-16(12-19-13-16)11-18-8-3-2-4-9-20-15-7-5-6-14(17)10-15/h5-7,10H,2-4,8-9,11-13H2,1H3. The average Bonchev–Trinajstić information content (AvgIpc) is 2.40. The molecule has 0 amide bonds. The van der Waals surface area contributed by atoms with Gasteiger partial charge in [-0.3, -0.25) is 0 Å². The molecule has 0 saturated carbocycles. The van der Waals surface area contributed by atoms with E-state index in [1.165, 1.54) is 0 Å². The van der Waals surface area contributed by atoms with Crippen molar-refractivity contribution in [3.63, 3.8) is 0 Å². The molecule has 0 atom stereocenters. The zero-order valence-corrected chi connectivity index (χ0v) is 13.7. The Hall–Kier alpha value is -0.580. The molecule has 0 spiro atoms. The summed E-state index contributed by atoms with van der Waals surface area (Å²) in [5, 5.41) is 0. The topological polar surface area (TPSA) is 27.7 Å². The maximum Gasteiger partial charge on any atom is 0.120 e. The SMILES string of the molecule is CC1(COCCCCCOc2cccc(Br)c2)COC1. The first-order chi connectivity index (χ1) is 9.68. The Bertz CT molecular complexity index is 404. The van der Waals surface area contributed by atoms with E-state index in [4.69, 9.17) is 14.2 Å². The minimum Gasteiger partial charge on any atom is -0.494 e. The molecular weight excluding hydrogens is 320 g/mol. The van der Waals surface area contributed by atoms with Crippen molar-refractivity contribution < 1.29 is 14.2 Å². The Labute approximate surface area is 129 Å². The third-order valence-corrected chi connectivity index (χ3v) is 3.84. The lowest BCUT2D eigenvalue weighted by atomic mass is 9.90. The van der Waals surface area contributed by atoms with Crippen molar-refractivity contribution in [2.75, 3.05) is 33.0 Å². The molecule has 0 bridgehead atoms. The molecule has 1 aromatic carbocycles. The maximum absolute atomic E-state index is 5.69. The molecule has 4 heteroatoms. The van der Waals surface area contributed by atoms with Gasteiger partial charge in [-0.05, 0) is 37.5 Å². The molecule has 0 aliphatic carbocycles. The van der Waals surface area contributed by atoms with E-state index in [1.807, 2.05) is 24.3 Å². The molecule has 1 fully saturated rings. The van der Waals surface area contributed by atoms with E-state index in [1.54, 1.807) is 0 Å². The molecule has 0 aromatic heterocycles. The van der Waals surface area contributed by atoms with E-state index >= 15 is 0 Å². The fraction of sp³-hybridized carbons (Fsp3) is 0.625. The van der Waals surface area contributed by atoms with Gasteiger partial charge in [0.15, 0.2) is 0 Å². The molecule has 1 saturated heterocycles. The van der Waals surface area contributed by atoms with Gasteiger partial charge in [0.2, 0.25) is 0 Å². The van der Waals surface area contributed by atoms with Crippen molar-refractivity contribution in [3.05, 3.63) is 28.7 Å². The van der Waals surface area contributed by atoms with E-state index in [9.17, 15) is 0 Å². The van der Waals surface area contributed by atoms with Crippen LogP contribution in [0.25, 0.3) is 0 Å². The number of hydrogen-bond acceptors (Lipinski definition) is 3. The average molecular weight is 343 g/mol. The molecule has 112 valence electrons. The lowest BCUT2D eigenvalue weighted by Crippen LogP contribution is -2.43. The zero-order valence-electron chi connectivity index (χ0n) is 12.1. The minimum atomic E-state index is 0.268. The van der Waals surface area contributed by atoms with E-state index in [-0.39, 0.29) is 5.41 Å². The molecule has 0 N–H and O–H groups in total. The molecule has 20 heavy (non-hydrogen) atoms. The smallest absolute Gasteiger partial charge is 0.120 e. The van der Waals surface area contributed by atoms with Crippen LogP contribution in [0.15, 0.2) is 28.7 Å². The lowest BCUT2D eigenvalue weighted by molar-refractivity contribution is -0.137. The van der Waals surface area contributed by atoms with Gasteiger partial charge in [-0.15, -0.1) is 0 Å². The highest BCUT2D eigenvalue weighted by Gasteiger charge is 2.33. The van der Waals surface area contributed by atoms with Gasteiger partial charge in [-0.1, -0.05) is 28.9 Å². The van der Waals surface area contributed by atoms with Gasteiger partial charge in [0.05, 0.1) is 26.4 Å². The predicted molar refractivity (Wildman–Crippen MR) is 83.2 cm³/mol. The second kappa shape index (κ2) is 8.01. The maximum atomic E-state index is 5.69. The zero-order chi connectivity index (χ0) is 14.3. The normalized spacial score (nSPS) is 16.7. The minimum absolute atomic E-state index is 0.268. The largest absolute Gasteiger partial charge is 0.494 e. The van der Waals surface area contributed by atoms with Crippen LogP contribution in [0.2, 0.25) is 0 Å². The lowest BCUT2D eigenvalue weighted by Gasteiger charge is -2.37. The molecule has 1 aliphatic heterocycles. The molecule has 2 rings (SSSR count). The number of ether oxygens (including phenoxy) is 3. The van der Waals surface area contributed by atoms with Crippen LogP contribution in [0, 0.1) is 5.41 Å². The first-order valence-corrected chi connectivity index (χ1v) is 8.01. The second-order valence-corrected chi connectivity index (χ2v) is 6.64. The monoisotopic (exact) mass is 342 g/mol. The Balaban J connectivity index is 1.44. The van der Waals surface area contributed by atoms with Crippen LogP contribution in [0.5, 0.6) is 5.75 Å². The summed E-state index contributed by atoms with van der Waals surface area (Å²) >= 11 is 3.43. The predicted octanol–water partition coefficient (Wildman–Crippen LogP) is 4.05. The van der Waals surface area contributed by atoms with Gasteiger partial charge in [0.1, 0.15) is 5.75 Å². The summed E-state index contributed by atoms with van der Waals surface area (Å²) in [5.74, 6) is 0.925. The molecule has 0 unspecified atom stereocenters. The van der Waals surface area contributed by atoms with Crippen molar-refractivity contribution in [3.8, 4) is 5.75 Å². The fourth-order valence-electron chi connectivity index (χ4n) is 2.08. The van der Waals surface area contributed by atoms with Crippen molar-refractivity contribution in [1.29, 1.82) is 0 Å². The number of benzene rings is 1. The number of rotatable bonds is 9. The molecule has 3 nitrogen and oxygen atoms in total. The van der Waals surface area contributed by atoms with Crippen LogP contribution >= 0.6 is 15.9 Å². The fourth-order valence-corrected chi connectivity index (χ4v) is 2.46. The molecule has 0 radical (unpaired) electrons. The van der Waals surface area contributed by atoms with E-state index < -0.39 is 0 Å². The first-order valence-electron chi connectivity index (χ1n) is 7.22. The Morgan fingerprint density at radius 2 is 2.00 bits per heavy atom.